The Bertz CT molecular complexity index is 347. The Morgan fingerprint density at radius 2 is 2.00 bits per heavy atom. The molecule has 1 rings (SSSR count). The molecule has 0 spiro atoms. The van der Waals surface area contributed by atoms with Gasteiger partial charge in [-0.2, -0.15) is 0 Å². The van der Waals surface area contributed by atoms with Gasteiger partial charge in [-0.3, -0.25) is 4.79 Å². The van der Waals surface area contributed by atoms with Gasteiger partial charge >= 0.3 is 0 Å². The van der Waals surface area contributed by atoms with Crippen LogP contribution in [0.2, 0.25) is 10.0 Å². The number of carbonyl (C=O) groups excluding carboxylic acids is 1. The van der Waals surface area contributed by atoms with Crippen LogP contribution in [0.1, 0.15) is 11.1 Å². The van der Waals surface area contributed by atoms with Crippen molar-refractivity contribution in [2.75, 3.05) is 0 Å². The van der Waals surface area contributed by atoms with Gasteiger partial charge in [0.15, 0.2) is 0 Å². The van der Waals surface area contributed by atoms with Gasteiger partial charge < -0.3 is 0 Å². The first kappa shape index (κ1) is 10.8. The molecular formula is C9H7Cl3O. The fourth-order valence-corrected chi connectivity index (χ4v) is 1.57. The Hall–Kier alpha value is -0.240. The van der Waals surface area contributed by atoms with Crippen LogP contribution in [0.5, 0.6) is 0 Å². The highest BCUT2D eigenvalue weighted by molar-refractivity contribution is 6.63. The topological polar surface area (TPSA) is 17.1 Å². The highest BCUT2D eigenvalue weighted by Gasteiger charge is 2.08. The van der Waals surface area contributed by atoms with E-state index < -0.39 is 5.24 Å². The van der Waals surface area contributed by atoms with Gasteiger partial charge in [-0.25, -0.2) is 0 Å². The standard InChI is InChI=1S/C9H7Cl3O/c1-5-6(4-8(11)13)2-3-7(10)9(5)12/h2-3H,4H2,1H3. The van der Waals surface area contributed by atoms with Gasteiger partial charge in [0.2, 0.25) is 5.24 Å². The van der Waals surface area contributed by atoms with E-state index in [0.717, 1.165) is 11.1 Å². The molecule has 1 aromatic carbocycles. The lowest BCUT2D eigenvalue weighted by molar-refractivity contribution is -0.111. The maximum Gasteiger partial charge on any atom is 0.226 e. The number of halogens is 3. The summed E-state index contributed by atoms with van der Waals surface area (Å²) >= 11 is 16.9. The second-order valence-electron chi connectivity index (χ2n) is 2.68. The molecule has 0 aliphatic heterocycles. The van der Waals surface area contributed by atoms with Crippen molar-refractivity contribution < 1.29 is 4.79 Å². The molecule has 13 heavy (non-hydrogen) atoms. The van der Waals surface area contributed by atoms with Gasteiger partial charge in [0.1, 0.15) is 0 Å². The molecule has 0 bridgehead atoms. The second kappa shape index (κ2) is 4.32. The van der Waals surface area contributed by atoms with E-state index in [1.165, 1.54) is 0 Å². The maximum absolute atomic E-state index is 10.7. The molecule has 0 radical (unpaired) electrons. The largest absolute Gasteiger partial charge is 0.281 e. The van der Waals surface area contributed by atoms with Crippen molar-refractivity contribution in [2.24, 2.45) is 0 Å². The predicted molar refractivity (Wildman–Crippen MR) is 55.8 cm³/mol. The van der Waals surface area contributed by atoms with E-state index in [4.69, 9.17) is 34.8 Å². The molecule has 0 fully saturated rings. The summed E-state index contributed by atoms with van der Waals surface area (Å²) in [6.45, 7) is 1.81. The molecule has 1 nitrogen and oxygen atoms in total. The molecule has 0 amide bonds. The fourth-order valence-electron chi connectivity index (χ4n) is 1.03. The zero-order valence-corrected chi connectivity index (χ0v) is 9.17. The molecule has 0 heterocycles. The molecule has 0 aromatic heterocycles. The van der Waals surface area contributed by atoms with Crippen molar-refractivity contribution in [2.45, 2.75) is 13.3 Å². The first-order chi connectivity index (χ1) is 6.02. The van der Waals surface area contributed by atoms with Crippen LogP contribution in [0, 0.1) is 6.92 Å². The number of hydrogen-bond acceptors (Lipinski definition) is 1. The van der Waals surface area contributed by atoms with E-state index in [1.807, 2.05) is 6.92 Å². The zero-order chi connectivity index (χ0) is 10.0. The Morgan fingerprint density at radius 3 is 2.54 bits per heavy atom. The quantitative estimate of drug-likeness (QED) is 0.718. The minimum absolute atomic E-state index is 0.185. The van der Waals surface area contributed by atoms with Gasteiger partial charge in [0, 0.05) is 6.42 Å². The highest BCUT2D eigenvalue weighted by atomic mass is 35.5. The van der Waals surface area contributed by atoms with E-state index in [0.29, 0.717) is 10.0 Å². The smallest absolute Gasteiger partial charge is 0.226 e. The molecule has 0 saturated carbocycles. The number of hydrogen-bond donors (Lipinski definition) is 0. The van der Waals surface area contributed by atoms with Gasteiger partial charge in [-0.1, -0.05) is 29.3 Å². The highest BCUT2D eigenvalue weighted by Crippen LogP contribution is 2.28. The van der Waals surface area contributed by atoms with Crippen molar-refractivity contribution in [3.63, 3.8) is 0 Å². The van der Waals surface area contributed by atoms with Gasteiger partial charge in [-0.15, -0.1) is 0 Å². The van der Waals surface area contributed by atoms with Crippen LogP contribution in [0.3, 0.4) is 0 Å². The minimum atomic E-state index is -0.401. The van der Waals surface area contributed by atoms with Crippen molar-refractivity contribution >= 4 is 40.0 Å². The van der Waals surface area contributed by atoms with Gasteiger partial charge in [-0.05, 0) is 35.7 Å². The van der Waals surface area contributed by atoms with E-state index in [9.17, 15) is 4.79 Å². The van der Waals surface area contributed by atoms with E-state index in [1.54, 1.807) is 12.1 Å². The van der Waals surface area contributed by atoms with Crippen LogP contribution in [0.4, 0.5) is 0 Å². The minimum Gasteiger partial charge on any atom is -0.281 e. The summed E-state index contributed by atoms with van der Waals surface area (Å²) in [6, 6.07) is 3.41. The molecule has 0 aliphatic rings. The predicted octanol–water partition coefficient (Wildman–Crippen LogP) is 3.61. The Kier molecular flexibility index (Phi) is 3.60. The Balaban J connectivity index is 3.10. The first-order valence-electron chi connectivity index (χ1n) is 3.64. The summed E-state index contributed by atoms with van der Waals surface area (Å²) < 4.78 is 0. The fraction of sp³-hybridized carbons (Fsp3) is 0.222. The van der Waals surface area contributed by atoms with Crippen molar-refractivity contribution in [3.8, 4) is 0 Å². The average molecular weight is 238 g/mol. The van der Waals surface area contributed by atoms with Gasteiger partial charge in [0.05, 0.1) is 10.0 Å². The Labute approximate surface area is 91.6 Å². The molecule has 0 N–H and O–H groups in total. The third-order valence-corrected chi connectivity index (χ3v) is 2.81. The maximum atomic E-state index is 10.7. The first-order valence-corrected chi connectivity index (χ1v) is 4.77. The lowest BCUT2D eigenvalue weighted by atomic mass is 10.1. The van der Waals surface area contributed by atoms with E-state index >= 15 is 0 Å². The molecule has 0 unspecified atom stereocenters. The second-order valence-corrected chi connectivity index (χ2v) is 3.88. The summed E-state index contributed by atoms with van der Waals surface area (Å²) in [4.78, 5) is 10.7. The average Bonchev–Trinajstić information content (AvgIpc) is 2.06. The molecular weight excluding hydrogens is 230 g/mol. The summed E-state index contributed by atoms with van der Waals surface area (Å²) in [5.41, 5.74) is 1.62. The lowest BCUT2D eigenvalue weighted by Crippen LogP contribution is -1.96. The van der Waals surface area contributed by atoms with Crippen molar-refractivity contribution in [3.05, 3.63) is 33.3 Å². The molecule has 4 heteroatoms. The van der Waals surface area contributed by atoms with Gasteiger partial charge in [0.25, 0.3) is 0 Å². The number of rotatable bonds is 2. The normalized spacial score (nSPS) is 10.2. The Morgan fingerprint density at radius 1 is 1.38 bits per heavy atom. The number of carbonyl (C=O) groups is 1. The number of benzene rings is 1. The third-order valence-electron chi connectivity index (χ3n) is 1.78. The summed E-state index contributed by atoms with van der Waals surface area (Å²) in [6.07, 6.45) is 0.185. The monoisotopic (exact) mass is 236 g/mol. The van der Waals surface area contributed by atoms with Crippen LogP contribution in [-0.4, -0.2) is 5.24 Å². The van der Waals surface area contributed by atoms with Crippen molar-refractivity contribution in [1.82, 2.24) is 0 Å². The van der Waals surface area contributed by atoms with Crippen LogP contribution < -0.4 is 0 Å². The van der Waals surface area contributed by atoms with Crippen LogP contribution in [-0.2, 0) is 11.2 Å². The molecule has 0 aliphatic carbocycles. The van der Waals surface area contributed by atoms with Crippen LogP contribution in [0.15, 0.2) is 12.1 Å². The SMILES string of the molecule is Cc1c(CC(=O)Cl)ccc(Cl)c1Cl. The zero-order valence-electron chi connectivity index (χ0n) is 6.90. The molecule has 1 aromatic rings. The molecule has 0 saturated heterocycles. The molecule has 0 atom stereocenters. The summed E-state index contributed by atoms with van der Waals surface area (Å²) in [7, 11) is 0. The van der Waals surface area contributed by atoms with E-state index in [-0.39, 0.29) is 6.42 Å². The van der Waals surface area contributed by atoms with Crippen LogP contribution in [0.25, 0.3) is 0 Å². The summed E-state index contributed by atoms with van der Waals surface area (Å²) in [5, 5.41) is 0.573. The van der Waals surface area contributed by atoms with E-state index in [2.05, 4.69) is 0 Å². The van der Waals surface area contributed by atoms with Crippen LogP contribution >= 0.6 is 34.8 Å². The van der Waals surface area contributed by atoms with Crippen molar-refractivity contribution in [1.29, 1.82) is 0 Å². The lowest BCUT2D eigenvalue weighted by Gasteiger charge is -2.06. The molecule has 70 valence electrons. The third kappa shape index (κ3) is 2.60. The summed E-state index contributed by atoms with van der Waals surface area (Å²) in [5.74, 6) is 0.